The maximum atomic E-state index is 7.32. The first-order valence-electron chi connectivity index (χ1n) is 5.26. The van der Waals surface area contributed by atoms with Crippen molar-refractivity contribution in [3.63, 3.8) is 0 Å². The van der Waals surface area contributed by atoms with Crippen LogP contribution in [0.2, 0.25) is 0 Å². The molecule has 0 radical (unpaired) electrons. The molecule has 3 nitrogen and oxygen atoms in total. The van der Waals surface area contributed by atoms with Gasteiger partial charge in [0.1, 0.15) is 0 Å². The molecule has 0 saturated heterocycles. The van der Waals surface area contributed by atoms with E-state index >= 15 is 0 Å². The Kier molecular flexibility index (Phi) is 3.27. The Morgan fingerprint density at radius 1 is 0.882 bits per heavy atom. The summed E-state index contributed by atoms with van der Waals surface area (Å²) in [5, 5.41) is 9.59. The van der Waals surface area contributed by atoms with Crippen LogP contribution in [0.5, 0.6) is 0 Å². The van der Waals surface area contributed by atoms with Gasteiger partial charge >= 0.3 is 0 Å². The Morgan fingerprint density at radius 3 is 1.71 bits per heavy atom. The predicted octanol–water partition coefficient (Wildman–Crippen LogP) is 3.31. The summed E-state index contributed by atoms with van der Waals surface area (Å²) >= 11 is 0. The monoisotopic (exact) mass is 221 g/mol. The summed E-state index contributed by atoms with van der Waals surface area (Å²) in [5.74, 6) is 0. The highest BCUT2D eigenvalue weighted by Crippen LogP contribution is 2.20. The first-order valence-corrected chi connectivity index (χ1v) is 5.26. The minimum absolute atomic E-state index is 0.977. The van der Waals surface area contributed by atoms with Crippen LogP contribution in [0, 0.1) is 11.3 Å². The van der Waals surface area contributed by atoms with E-state index in [0.717, 1.165) is 21.8 Å². The molecular formula is C14H11N3. The molecule has 2 aromatic heterocycles. The van der Waals surface area contributed by atoms with Gasteiger partial charge in [-0.1, -0.05) is 24.3 Å². The van der Waals surface area contributed by atoms with Gasteiger partial charge < -0.3 is 0 Å². The molecule has 0 aliphatic heterocycles. The molecule has 0 saturated carbocycles. The molecule has 82 valence electrons. The van der Waals surface area contributed by atoms with E-state index in [2.05, 4.69) is 34.2 Å². The second kappa shape index (κ2) is 5.04. The van der Waals surface area contributed by atoms with E-state index in [9.17, 15) is 0 Å². The van der Waals surface area contributed by atoms with Crippen molar-refractivity contribution in [1.82, 2.24) is 9.97 Å². The van der Waals surface area contributed by atoms with E-state index < -0.39 is 0 Å². The van der Waals surface area contributed by atoms with Crippen molar-refractivity contribution >= 4 is 21.8 Å². The number of benzene rings is 1. The number of nitrogens with zero attached hydrogens (tertiary/aromatic N) is 3. The van der Waals surface area contributed by atoms with E-state index in [4.69, 9.17) is 5.26 Å². The summed E-state index contributed by atoms with van der Waals surface area (Å²) in [6.45, 7) is 1.43. The molecule has 3 heteroatoms. The van der Waals surface area contributed by atoms with Crippen LogP contribution < -0.4 is 0 Å². The number of nitriles is 1. The summed E-state index contributed by atoms with van der Waals surface area (Å²) in [4.78, 5) is 8.69. The summed E-state index contributed by atoms with van der Waals surface area (Å²) in [7, 11) is 0. The molecule has 0 amide bonds. The molecule has 3 rings (SSSR count). The highest BCUT2D eigenvalue weighted by atomic mass is 14.7. The van der Waals surface area contributed by atoms with Crippen LogP contribution in [0.25, 0.3) is 21.8 Å². The Morgan fingerprint density at radius 2 is 1.29 bits per heavy atom. The smallest absolute Gasteiger partial charge is 0.0964 e. The summed E-state index contributed by atoms with van der Waals surface area (Å²) in [5.41, 5.74) is 1.95. The zero-order valence-electron chi connectivity index (χ0n) is 9.46. The van der Waals surface area contributed by atoms with Crippen LogP contribution in [-0.4, -0.2) is 9.97 Å². The maximum absolute atomic E-state index is 7.32. The lowest BCUT2D eigenvalue weighted by molar-refractivity contribution is 1.37. The van der Waals surface area contributed by atoms with Crippen molar-refractivity contribution in [1.29, 1.82) is 5.26 Å². The van der Waals surface area contributed by atoms with Crippen molar-refractivity contribution in [2.45, 2.75) is 6.92 Å². The van der Waals surface area contributed by atoms with Crippen molar-refractivity contribution in [3.8, 4) is 6.07 Å². The Labute approximate surface area is 99.4 Å². The number of pyridine rings is 2. The molecule has 0 aliphatic rings. The topological polar surface area (TPSA) is 49.6 Å². The Balaban J connectivity index is 0.000000329. The van der Waals surface area contributed by atoms with Crippen LogP contribution in [-0.2, 0) is 0 Å². The lowest BCUT2D eigenvalue weighted by Crippen LogP contribution is -1.83. The maximum Gasteiger partial charge on any atom is 0.0964 e. The number of hydrogen-bond acceptors (Lipinski definition) is 3. The molecule has 1 aromatic carbocycles. The van der Waals surface area contributed by atoms with Gasteiger partial charge in [-0.2, -0.15) is 5.26 Å². The normalized spacial score (nSPS) is 9.41. The molecule has 0 aliphatic carbocycles. The average molecular weight is 221 g/mol. The van der Waals surface area contributed by atoms with Crippen LogP contribution >= 0.6 is 0 Å². The van der Waals surface area contributed by atoms with Gasteiger partial charge in [0, 0.05) is 30.1 Å². The van der Waals surface area contributed by atoms with Gasteiger partial charge in [-0.15, -0.1) is 0 Å². The van der Waals surface area contributed by atoms with E-state index in [1.54, 1.807) is 18.5 Å². The van der Waals surface area contributed by atoms with Crippen LogP contribution in [0.3, 0.4) is 0 Å². The highest BCUT2D eigenvalue weighted by Gasteiger charge is 2.00. The summed E-state index contributed by atoms with van der Waals surface area (Å²) in [6.07, 6.45) is 3.60. The Hall–Kier alpha value is -2.47. The molecule has 0 fully saturated rings. The minimum atomic E-state index is 0.977. The lowest BCUT2D eigenvalue weighted by Gasteiger charge is -2.00. The average Bonchev–Trinajstić information content (AvgIpc) is 2.40. The van der Waals surface area contributed by atoms with Gasteiger partial charge in [-0.3, -0.25) is 9.97 Å². The highest BCUT2D eigenvalue weighted by molar-refractivity contribution is 6.02. The molecule has 0 unspecified atom stereocenters. The summed E-state index contributed by atoms with van der Waals surface area (Å²) in [6, 6.07) is 13.9. The molecular weight excluding hydrogens is 210 g/mol. The van der Waals surface area contributed by atoms with Crippen LogP contribution in [0.1, 0.15) is 6.92 Å². The van der Waals surface area contributed by atoms with E-state index in [1.165, 1.54) is 6.92 Å². The molecule has 0 spiro atoms. The number of fused-ring (bicyclic) bond motifs is 3. The van der Waals surface area contributed by atoms with Gasteiger partial charge in [-0.25, -0.2) is 0 Å². The van der Waals surface area contributed by atoms with Crippen molar-refractivity contribution in [2.75, 3.05) is 0 Å². The second-order valence-electron chi connectivity index (χ2n) is 3.44. The number of hydrogen-bond donors (Lipinski definition) is 0. The zero-order valence-corrected chi connectivity index (χ0v) is 9.46. The van der Waals surface area contributed by atoms with Gasteiger partial charge in [0.05, 0.1) is 17.1 Å². The third-order valence-corrected chi connectivity index (χ3v) is 2.34. The number of aromatic nitrogens is 2. The van der Waals surface area contributed by atoms with Crippen LogP contribution in [0.4, 0.5) is 0 Å². The standard InChI is InChI=1S/C12H8N2.C2H3N/c1-3-9-5-6-10-4-2-8-14-12(10)11(9)13-7-1;1-2-3/h1-8H;1H3. The van der Waals surface area contributed by atoms with E-state index in [1.807, 2.05) is 12.1 Å². The molecule has 0 N–H and O–H groups in total. The first-order chi connectivity index (χ1) is 8.36. The molecule has 3 aromatic rings. The molecule has 0 atom stereocenters. The fraction of sp³-hybridized carbons (Fsp3) is 0.0714. The van der Waals surface area contributed by atoms with Crippen molar-refractivity contribution in [2.24, 2.45) is 0 Å². The van der Waals surface area contributed by atoms with Gasteiger partial charge in [0.2, 0.25) is 0 Å². The third kappa shape index (κ3) is 2.21. The lowest BCUT2D eigenvalue weighted by atomic mass is 10.1. The summed E-state index contributed by atoms with van der Waals surface area (Å²) < 4.78 is 0. The molecule has 0 bridgehead atoms. The number of rotatable bonds is 0. The van der Waals surface area contributed by atoms with Gasteiger partial charge in [0.15, 0.2) is 0 Å². The van der Waals surface area contributed by atoms with Crippen LogP contribution in [0.15, 0.2) is 48.8 Å². The fourth-order valence-electron chi connectivity index (χ4n) is 1.68. The minimum Gasteiger partial charge on any atom is -0.254 e. The third-order valence-electron chi connectivity index (χ3n) is 2.34. The zero-order chi connectivity index (χ0) is 12.1. The predicted molar refractivity (Wildman–Crippen MR) is 68.3 cm³/mol. The van der Waals surface area contributed by atoms with E-state index in [-0.39, 0.29) is 0 Å². The van der Waals surface area contributed by atoms with Gasteiger partial charge in [-0.05, 0) is 12.1 Å². The van der Waals surface area contributed by atoms with Gasteiger partial charge in [0.25, 0.3) is 0 Å². The van der Waals surface area contributed by atoms with Crippen molar-refractivity contribution < 1.29 is 0 Å². The molecule has 2 heterocycles. The second-order valence-corrected chi connectivity index (χ2v) is 3.44. The quantitative estimate of drug-likeness (QED) is 0.547. The van der Waals surface area contributed by atoms with E-state index in [0.29, 0.717) is 0 Å². The largest absolute Gasteiger partial charge is 0.254 e. The van der Waals surface area contributed by atoms with Crippen molar-refractivity contribution in [3.05, 3.63) is 48.8 Å². The SMILES string of the molecule is CC#N.c1cnc2c(c1)ccc1cccnc12. The first kappa shape index (κ1) is 11.0. The molecule has 17 heavy (non-hydrogen) atoms. The Bertz CT molecular complexity index is 629. The fourth-order valence-corrected chi connectivity index (χ4v) is 1.68.